The zero-order chi connectivity index (χ0) is 38.6. The summed E-state index contributed by atoms with van der Waals surface area (Å²) in [7, 11) is -6.38. The smallest absolute Gasteiger partial charge is 0.339 e. The van der Waals surface area contributed by atoms with Crippen molar-refractivity contribution >= 4 is 52.0 Å². The first-order valence-electron chi connectivity index (χ1n) is 16.4. The number of benzene rings is 6. The third kappa shape index (κ3) is 9.52. The molecule has 0 aliphatic rings. The second-order valence-corrected chi connectivity index (χ2v) is 15.6. The van der Waals surface area contributed by atoms with Gasteiger partial charge in [0.15, 0.2) is 5.70 Å². The summed E-state index contributed by atoms with van der Waals surface area (Å²) in [6.45, 7) is 0. The van der Waals surface area contributed by atoms with Gasteiger partial charge in [-0.2, -0.15) is 14.0 Å². The van der Waals surface area contributed by atoms with Crippen molar-refractivity contribution in [1.29, 1.82) is 0 Å². The van der Waals surface area contributed by atoms with E-state index >= 15 is 0 Å². The van der Waals surface area contributed by atoms with Gasteiger partial charge in [0.2, 0.25) is 0 Å². The lowest BCUT2D eigenvalue weighted by Crippen LogP contribution is -2.58. The molecule has 0 atom stereocenters. The van der Waals surface area contributed by atoms with Crippen molar-refractivity contribution in [3.63, 3.8) is 0 Å². The average Bonchev–Trinajstić information content (AvgIpc) is 3.20. The third-order valence-corrected chi connectivity index (χ3v) is 12.5. The molecule has 272 valence electrons. The van der Waals surface area contributed by atoms with Crippen LogP contribution in [0.1, 0.15) is 26.3 Å². The van der Waals surface area contributed by atoms with Crippen LogP contribution in [0.2, 0.25) is 0 Å². The second-order valence-electron chi connectivity index (χ2n) is 11.5. The van der Waals surface area contributed by atoms with Gasteiger partial charge < -0.3 is 15.4 Å². The molecule has 6 aromatic carbocycles. The highest BCUT2D eigenvalue weighted by molar-refractivity contribution is 8.03. The minimum absolute atomic E-state index is 0.0598. The van der Waals surface area contributed by atoms with Crippen LogP contribution >= 0.6 is 7.26 Å². The van der Waals surface area contributed by atoms with Gasteiger partial charge in [0.1, 0.15) is 28.5 Å². The zero-order valence-corrected chi connectivity index (χ0v) is 30.5. The number of nitrogens with one attached hydrogen (secondary N) is 2. The molecule has 54 heavy (non-hydrogen) atoms. The SMILES string of the molecule is COC(=O)c1ccccc1NC(=O)/C(NC(=O)c1ccccc1)=C(\c1ccccc1)[P+](c1ccccc1)(c1ccccc1)c1ccccc1.[O-][Cl+3]([O-])([O-])O. The van der Waals surface area contributed by atoms with Crippen LogP contribution in [-0.4, -0.2) is 29.6 Å². The Morgan fingerprint density at radius 1 is 0.574 bits per heavy atom. The summed E-state index contributed by atoms with van der Waals surface area (Å²) >= 11 is 0. The first kappa shape index (κ1) is 39.2. The van der Waals surface area contributed by atoms with Gasteiger partial charge in [-0.15, -0.1) is 0 Å². The Kier molecular flexibility index (Phi) is 13.2. The quantitative estimate of drug-likeness (QED) is 0.109. The largest absolute Gasteiger partial charge is 0.465 e. The molecule has 6 rings (SSSR count). The van der Waals surface area contributed by atoms with Crippen molar-refractivity contribution in [3.8, 4) is 0 Å². The molecule has 6 aromatic rings. The fourth-order valence-corrected chi connectivity index (χ4v) is 10.5. The first-order valence-corrected chi connectivity index (χ1v) is 19.4. The number of amides is 2. The highest BCUT2D eigenvalue weighted by Gasteiger charge is 2.53. The fraction of sp³-hybridized carbons (Fsp3) is 0.0238. The van der Waals surface area contributed by atoms with E-state index in [1.54, 1.807) is 48.5 Å². The van der Waals surface area contributed by atoms with E-state index in [1.807, 2.05) is 91.0 Å². The maximum absolute atomic E-state index is 15.0. The van der Waals surface area contributed by atoms with Crippen molar-refractivity contribution in [2.24, 2.45) is 0 Å². The fourth-order valence-electron chi connectivity index (χ4n) is 5.95. The van der Waals surface area contributed by atoms with Crippen molar-refractivity contribution in [2.45, 2.75) is 0 Å². The van der Waals surface area contributed by atoms with Crippen LogP contribution < -0.4 is 40.5 Å². The van der Waals surface area contributed by atoms with Gasteiger partial charge in [-0.25, -0.2) is 4.79 Å². The minimum atomic E-state index is -4.69. The van der Waals surface area contributed by atoms with E-state index in [-0.39, 0.29) is 16.9 Å². The van der Waals surface area contributed by atoms with Gasteiger partial charge in [0, 0.05) is 11.1 Å². The Balaban J connectivity index is 0.00000105. The molecule has 12 heteroatoms. The number of hydrogen-bond donors (Lipinski definition) is 3. The predicted molar refractivity (Wildman–Crippen MR) is 201 cm³/mol. The van der Waals surface area contributed by atoms with E-state index in [4.69, 9.17) is 23.4 Å². The Bertz CT molecular complexity index is 2100. The second kappa shape index (κ2) is 18.2. The van der Waals surface area contributed by atoms with E-state index in [1.165, 1.54) is 7.11 Å². The van der Waals surface area contributed by atoms with Crippen LogP contribution in [0.3, 0.4) is 0 Å². The molecular weight excluding hydrogens is 727 g/mol. The zero-order valence-electron chi connectivity index (χ0n) is 28.9. The summed E-state index contributed by atoms with van der Waals surface area (Å²) in [6, 6.07) is 55.5. The van der Waals surface area contributed by atoms with Crippen LogP contribution in [-0.2, 0) is 9.53 Å². The number of methoxy groups -OCH3 is 1. The minimum Gasteiger partial charge on any atom is -0.465 e. The van der Waals surface area contributed by atoms with Gasteiger partial charge in [-0.3, -0.25) is 9.59 Å². The van der Waals surface area contributed by atoms with Gasteiger partial charge in [0.05, 0.1) is 33.3 Å². The predicted octanol–water partition coefficient (Wildman–Crippen LogP) is 3.08. The van der Waals surface area contributed by atoms with Gasteiger partial charge >= 0.3 is 5.97 Å². The van der Waals surface area contributed by atoms with Gasteiger partial charge in [-0.05, 0) is 60.7 Å². The molecule has 0 bridgehead atoms. The number of carbonyl (C=O) groups excluding carboxylic acids is 3. The van der Waals surface area contributed by atoms with Gasteiger partial charge in [-0.1, -0.05) is 115 Å². The highest BCUT2D eigenvalue weighted by atomic mass is 35.7. The highest BCUT2D eigenvalue weighted by Crippen LogP contribution is 2.67. The number of anilines is 1. The van der Waals surface area contributed by atoms with Crippen molar-refractivity contribution < 1.29 is 48.0 Å². The normalized spacial score (nSPS) is 11.6. The molecule has 2 amide bonds. The maximum Gasteiger partial charge on any atom is 0.339 e. The lowest BCUT2D eigenvalue weighted by atomic mass is 10.1. The summed E-state index contributed by atoms with van der Waals surface area (Å²) in [5.74, 6) is -1.64. The molecule has 0 saturated heterocycles. The molecule has 0 unspecified atom stereocenters. The summed E-state index contributed by atoms with van der Waals surface area (Å²) < 4.78 is 37.7. The topological polar surface area (TPSA) is 174 Å². The van der Waals surface area contributed by atoms with Crippen molar-refractivity contribution in [1.82, 2.24) is 5.32 Å². The molecule has 0 spiro atoms. The summed E-state index contributed by atoms with van der Waals surface area (Å²) in [4.78, 5) is 41.9. The Labute approximate surface area is 315 Å². The molecule has 0 radical (unpaired) electrons. The Hall–Kier alpha value is -5.97. The van der Waals surface area contributed by atoms with Crippen LogP contribution in [0.5, 0.6) is 0 Å². The van der Waals surface area contributed by atoms with E-state index in [9.17, 15) is 14.4 Å². The Morgan fingerprint density at radius 3 is 1.37 bits per heavy atom. The standard InChI is InChI=1S/C42H33N2O4P.ClHO4/c1-48-42(47)36-29-17-18-30-37(36)43-41(46)38(44-40(45)32-21-9-3-10-22-32)39(31-19-7-2-8-20-31)49(33-23-11-4-12-24-33,34-25-13-5-14-26-34)35-27-15-6-16-28-35;2-1(3,4)5/h2-30H,1H3,(H-,43,44,45,46,47);(H,2,3,4,5)/p+1/b39-38-;. The maximum atomic E-state index is 15.0. The molecule has 0 fully saturated rings. The number of ether oxygens (including phenoxy) is 1. The monoisotopic (exact) mass is 761 g/mol. The molecule has 0 heterocycles. The van der Waals surface area contributed by atoms with E-state index in [0.29, 0.717) is 10.9 Å². The summed E-state index contributed by atoms with van der Waals surface area (Å²) in [5, 5.41) is 9.64. The van der Waals surface area contributed by atoms with Gasteiger partial charge in [0.25, 0.3) is 11.8 Å². The lowest BCUT2D eigenvalue weighted by molar-refractivity contribution is -1.92. The molecule has 0 aliphatic carbocycles. The van der Waals surface area contributed by atoms with Crippen LogP contribution in [0, 0.1) is 10.2 Å². The number of esters is 1. The molecule has 0 aliphatic heterocycles. The van der Waals surface area contributed by atoms with Crippen molar-refractivity contribution in [2.75, 3.05) is 12.4 Å². The molecule has 3 N–H and O–H groups in total. The molecule has 10 nitrogen and oxygen atoms in total. The van der Waals surface area contributed by atoms with E-state index in [0.717, 1.165) is 21.5 Å². The van der Waals surface area contributed by atoms with Crippen LogP contribution in [0.15, 0.2) is 182 Å². The number of halogens is 1. The number of rotatable bonds is 10. The molecular formula is C42H35ClN2O8P+. The summed E-state index contributed by atoms with van der Waals surface area (Å²) in [6.07, 6.45) is 0. The van der Waals surface area contributed by atoms with E-state index in [2.05, 4.69) is 47.0 Å². The third-order valence-electron chi connectivity index (χ3n) is 8.13. The lowest BCUT2D eigenvalue weighted by Gasteiger charge is -2.31. The van der Waals surface area contributed by atoms with Crippen LogP contribution in [0.25, 0.3) is 5.31 Å². The van der Waals surface area contributed by atoms with Crippen LogP contribution in [0.4, 0.5) is 5.69 Å². The van der Waals surface area contributed by atoms with Crippen molar-refractivity contribution in [3.05, 3.63) is 198 Å². The number of carbonyl (C=O) groups is 3. The summed E-state index contributed by atoms with van der Waals surface area (Å²) in [5.41, 5.74) is 1.64. The molecule has 0 saturated carbocycles. The van der Waals surface area contributed by atoms with E-state index < -0.39 is 35.3 Å². The molecule has 0 aromatic heterocycles. The average molecular weight is 762 g/mol. The number of hydrogen-bond acceptors (Lipinski definition) is 8. The Morgan fingerprint density at radius 2 is 0.944 bits per heavy atom. The number of para-hydroxylation sites is 1. The first-order chi connectivity index (χ1) is 26.0.